The van der Waals surface area contributed by atoms with Crippen molar-refractivity contribution in [1.29, 1.82) is 0 Å². The van der Waals surface area contributed by atoms with E-state index in [1.165, 1.54) is 0 Å². The van der Waals surface area contributed by atoms with E-state index in [1.807, 2.05) is 20.8 Å². The number of nitrogens with one attached hydrogen (secondary N) is 1. The molecular weight excluding hydrogens is 330 g/mol. The van der Waals surface area contributed by atoms with Gasteiger partial charge in [0.1, 0.15) is 10.8 Å². The molecule has 1 atom stereocenters. The fourth-order valence-electron chi connectivity index (χ4n) is 2.68. The number of aromatic nitrogens is 1. The molecule has 0 aliphatic carbocycles. The van der Waals surface area contributed by atoms with Crippen LogP contribution in [0.4, 0.5) is 4.79 Å². The van der Waals surface area contributed by atoms with E-state index in [0.717, 1.165) is 12.8 Å². The molecule has 24 heavy (non-hydrogen) atoms. The molecule has 6 nitrogen and oxygen atoms in total. The molecule has 1 fully saturated rings. The largest absolute Gasteiger partial charge is 0.444 e. The summed E-state index contributed by atoms with van der Waals surface area (Å²) in [6, 6.07) is 3.19. The molecule has 7 heteroatoms. The quantitative estimate of drug-likeness (QED) is 0.829. The zero-order chi connectivity index (χ0) is 17.9. The Balaban J connectivity index is 1.99. The molecule has 1 aliphatic rings. The number of halogens is 1. The van der Waals surface area contributed by atoms with E-state index in [1.54, 1.807) is 24.0 Å². The van der Waals surface area contributed by atoms with Gasteiger partial charge in [0, 0.05) is 19.1 Å². The van der Waals surface area contributed by atoms with Gasteiger partial charge in [-0.2, -0.15) is 0 Å². The highest BCUT2D eigenvalue weighted by Crippen LogP contribution is 2.18. The van der Waals surface area contributed by atoms with Gasteiger partial charge in [-0.05, 0) is 52.7 Å². The van der Waals surface area contributed by atoms with Crippen molar-refractivity contribution in [3.63, 3.8) is 0 Å². The van der Waals surface area contributed by atoms with E-state index in [-0.39, 0.29) is 11.9 Å². The molecule has 1 aromatic heterocycles. The highest BCUT2D eigenvalue weighted by molar-refractivity contribution is 6.29. The van der Waals surface area contributed by atoms with Crippen molar-refractivity contribution in [2.24, 2.45) is 0 Å². The molecule has 0 unspecified atom stereocenters. The van der Waals surface area contributed by atoms with Gasteiger partial charge >= 0.3 is 6.09 Å². The second-order valence-electron chi connectivity index (χ2n) is 7.00. The monoisotopic (exact) mass is 353 g/mol. The number of pyridine rings is 1. The van der Waals surface area contributed by atoms with Crippen LogP contribution >= 0.6 is 11.6 Å². The maximum absolute atomic E-state index is 12.7. The van der Waals surface area contributed by atoms with Gasteiger partial charge in [0.2, 0.25) is 0 Å². The fourth-order valence-corrected chi connectivity index (χ4v) is 2.87. The van der Waals surface area contributed by atoms with Crippen molar-refractivity contribution in [2.75, 3.05) is 13.1 Å². The van der Waals surface area contributed by atoms with Crippen molar-refractivity contribution < 1.29 is 14.3 Å². The highest BCUT2D eigenvalue weighted by Gasteiger charge is 2.28. The number of alkyl carbamates (subject to hydrolysis) is 1. The molecule has 0 spiro atoms. The summed E-state index contributed by atoms with van der Waals surface area (Å²) in [7, 11) is 0. The van der Waals surface area contributed by atoms with Crippen LogP contribution in [0.1, 0.15) is 49.7 Å². The Morgan fingerprint density at radius 3 is 2.71 bits per heavy atom. The van der Waals surface area contributed by atoms with E-state index in [9.17, 15) is 9.59 Å². The number of rotatable bonds is 2. The van der Waals surface area contributed by atoms with Crippen LogP contribution in [0.2, 0.25) is 5.15 Å². The molecule has 2 rings (SSSR count). The summed E-state index contributed by atoms with van der Waals surface area (Å²) in [5, 5.41) is 3.21. The van der Waals surface area contributed by atoms with Gasteiger partial charge in [0.15, 0.2) is 0 Å². The van der Waals surface area contributed by atoms with Crippen molar-refractivity contribution >= 4 is 23.6 Å². The Labute approximate surface area is 147 Å². The lowest BCUT2D eigenvalue weighted by atomic mass is 10.0. The fraction of sp³-hybridized carbons (Fsp3) is 0.588. The van der Waals surface area contributed by atoms with Gasteiger partial charge in [-0.25, -0.2) is 9.78 Å². The Morgan fingerprint density at radius 2 is 2.08 bits per heavy atom. The smallest absolute Gasteiger partial charge is 0.407 e. The normalized spacial score (nSPS) is 18.2. The SMILES string of the molecule is Cc1nc(Cl)ccc1C(=O)N1CCC[C@H](NC(=O)OC(C)(C)C)C1. The molecule has 0 saturated carbocycles. The molecule has 2 heterocycles. The number of nitrogens with zero attached hydrogens (tertiary/aromatic N) is 2. The van der Waals surface area contributed by atoms with Gasteiger partial charge in [-0.15, -0.1) is 0 Å². The van der Waals surface area contributed by atoms with Crippen LogP contribution in [-0.4, -0.2) is 46.6 Å². The lowest BCUT2D eigenvalue weighted by Gasteiger charge is -2.33. The summed E-state index contributed by atoms with van der Waals surface area (Å²) in [6.45, 7) is 8.34. The van der Waals surface area contributed by atoms with Gasteiger partial charge in [0.25, 0.3) is 5.91 Å². The predicted molar refractivity (Wildman–Crippen MR) is 92.3 cm³/mol. The van der Waals surface area contributed by atoms with Gasteiger partial charge in [-0.1, -0.05) is 11.6 Å². The first-order chi connectivity index (χ1) is 11.2. The van der Waals surface area contributed by atoms with Crippen molar-refractivity contribution in [3.8, 4) is 0 Å². The average molecular weight is 354 g/mol. The molecule has 1 aromatic rings. The number of carbonyl (C=O) groups is 2. The third-order valence-corrected chi connectivity index (χ3v) is 3.92. The Bertz CT molecular complexity index is 628. The zero-order valence-corrected chi connectivity index (χ0v) is 15.3. The second kappa shape index (κ2) is 7.38. The maximum atomic E-state index is 12.7. The molecule has 132 valence electrons. The Morgan fingerprint density at radius 1 is 1.38 bits per heavy atom. The molecule has 1 saturated heterocycles. The highest BCUT2D eigenvalue weighted by atomic mass is 35.5. The van der Waals surface area contributed by atoms with Crippen LogP contribution in [0.15, 0.2) is 12.1 Å². The summed E-state index contributed by atoms with van der Waals surface area (Å²) < 4.78 is 5.27. The summed E-state index contributed by atoms with van der Waals surface area (Å²) in [6.07, 6.45) is 1.19. The minimum absolute atomic E-state index is 0.0904. The molecule has 2 amide bonds. The Kier molecular flexibility index (Phi) is 5.70. The van der Waals surface area contributed by atoms with E-state index >= 15 is 0 Å². The number of ether oxygens (including phenoxy) is 1. The number of carbonyl (C=O) groups excluding carboxylic acids is 2. The molecule has 1 N–H and O–H groups in total. The van der Waals surface area contributed by atoms with Gasteiger partial charge in [0.05, 0.1) is 11.3 Å². The predicted octanol–water partition coefficient (Wildman–Crippen LogP) is 3.17. The number of amides is 2. The summed E-state index contributed by atoms with van der Waals surface area (Å²) in [5.41, 5.74) is 0.604. The number of likely N-dealkylation sites (tertiary alicyclic amines) is 1. The van der Waals surface area contributed by atoms with Crippen LogP contribution in [-0.2, 0) is 4.74 Å². The van der Waals surface area contributed by atoms with Crippen molar-refractivity contribution in [1.82, 2.24) is 15.2 Å². The number of hydrogen-bond donors (Lipinski definition) is 1. The first-order valence-electron chi connectivity index (χ1n) is 8.07. The molecule has 0 bridgehead atoms. The van der Waals surface area contributed by atoms with Crippen LogP contribution in [0.3, 0.4) is 0 Å². The van der Waals surface area contributed by atoms with Gasteiger partial charge < -0.3 is 15.0 Å². The topological polar surface area (TPSA) is 71.5 Å². The number of hydrogen-bond acceptors (Lipinski definition) is 4. The summed E-state index contributed by atoms with van der Waals surface area (Å²) in [5.74, 6) is -0.0904. The van der Waals surface area contributed by atoms with E-state index in [0.29, 0.717) is 29.5 Å². The molecule has 1 aliphatic heterocycles. The van der Waals surface area contributed by atoms with Crippen LogP contribution < -0.4 is 5.32 Å². The summed E-state index contributed by atoms with van der Waals surface area (Å²) >= 11 is 5.84. The van der Waals surface area contributed by atoms with Crippen LogP contribution in [0.25, 0.3) is 0 Å². The molecular formula is C17H24ClN3O3. The summed E-state index contributed by atoms with van der Waals surface area (Å²) in [4.78, 5) is 30.5. The second-order valence-corrected chi connectivity index (χ2v) is 7.39. The lowest BCUT2D eigenvalue weighted by Crippen LogP contribution is -2.50. The van der Waals surface area contributed by atoms with E-state index in [2.05, 4.69) is 10.3 Å². The Hall–Kier alpha value is -1.82. The third kappa shape index (κ3) is 5.09. The minimum atomic E-state index is -0.541. The number of piperidine rings is 1. The zero-order valence-electron chi connectivity index (χ0n) is 14.6. The van der Waals surface area contributed by atoms with Crippen molar-refractivity contribution in [3.05, 3.63) is 28.5 Å². The lowest BCUT2D eigenvalue weighted by molar-refractivity contribution is 0.0452. The number of aryl methyl sites for hydroxylation is 1. The first kappa shape index (κ1) is 18.5. The standard InChI is InChI=1S/C17H24ClN3O3/c1-11-13(7-8-14(18)19-11)15(22)21-9-5-6-12(10-21)20-16(23)24-17(2,3)4/h7-8,12H,5-6,9-10H2,1-4H3,(H,20,23)/t12-/m0/s1. The van der Waals surface area contributed by atoms with Crippen molar-refractivity contribution in [2.45, 2.75) is 52.2 Å². The average Bonchev–Trinajstić information content (AvgIpc) is 2.44. The minimum Gasteiger partial charge on any atom is -0.444 e. The van der Waals surface area contributed by atoms with E-state index < -0.39 is 11.7 Å². The maximum Gasteiger partial charge on any atom is 0.407 e. The molecule has 0 radical (unpaired) electrons. The third-order valence-electron chi connectivity index (χ3n) is 3.71. The van der Waals surface area contributed by atoms with E-state index in [4.69, 9.17) is 16.3 Å². The molecule has 0 aromatic carbocycles. The van der Waals surface area contributed by atoms with Crippen LogP contribution in [0, 0.1) is 6.92 Å². The first-order valence-corrected chi connectivity index (χ1v) is 8.45. The van der Waals surface area contributed by atoms with Gasteiger partial charge in [-0.3, -0.25) is 4.79 Å². The van der Waals surface area contributed by atoms with Crippen LogP contribution in [0.5, 0.6) is 0 Å².